The number of benzene rings is 1. The third kappa shape index (κ3) is 2.26. The van der Waals surface area contributed by atoms with Crippen molar-refractivity contribution in [3.63, 3.8) is 0 Å². The van der Waals surface area contributed by atoms with E-state index in [1.165, 1.54) is 12.1 Å². The van der Waals surface area contributed by atoms with Crippen LogP contribution >= 0.6 is 15.9 Å². The van der Waals surface area contributed by atoms with Crippen LogP contribution in [-0.2, 0) is 5.33 Å². The topological polar surface area (TPSA) is 26.0 Å². The van der Waals surface area contributed by atoms with Crippen molar-refractivity contribution in [1.82, 2.24) is 5.16 Å². The number of halogens is 2. The van der Waals surface area contributed by atoms with Gasteiger partial charge in [-0.25, -0.2) is 4.39 Å². The Morgan fingerprint density at radius 1 is 1.33 bits per heavy atom. The molecule has 1 aromatic heterocycles. The quantitative estimate of drug-likeness (QED) is 0.778. The van der Waals surface area contributed by atoms with Crippen LogP contribution in [0, 0.1) is 12.7 Å². The zero-order chi connectivity index (χ0) is 10.8. The van der Waals surface area contributed by atoms with E-state index in [1.807, 2.05) is 13.0 Å². The maximum atomic E-state index is 13.1. The molecule has 0 atom stereocenters. The lowest BCUT2D eigenvalue weighted by Gasteiger charge is -1.98. The van der Waals surface area contributed by atoms with E-state index in [9.17, 15) is 4.39 Å². The van der Waals surface area contributed by atoms with Crippen LogP contribution in [0.2, 0.25) is 0 Å². The van der Waals surface area contributed by atoms with Crippen LogP contribution in [-0.4, -0.2) is 5.16 Å². The number of rotatable bonds is 2. The Hall–Kier alpha value is -1.16. The first-order valence-electron chi connectivity index (χ1n) is 4.48. The Labute approximate surface area is 95.2 Å². The number of aryl methyl sites for hydroxylation is 1. The number of hydrogen-bond acceptors (Lipinski definition) is 2. The Balaban J connectivity index is 2.44. The van der Waals surface area contributed by atoms with E-state index in [-0.39, 0.29) is 5.82 Å². The maximum absolute atomic E-state index is 13.1. The van der Waals surface area contributed by atoms with Crippen molar-refractivity contribution < 1.29 is 8.91 Å². The molecule has 0 aliphatic carbocycles. The van der Waals surface area contributed by atoms with Crippen molar-refractivity contribution >= 4 is 15.9 Å². The summed E-state index contributed by atoms with van der Waals surface area (Å²) in [6, 6.07) is 6.60. The molecule has 78 valence electrons. The van der Waals surface area contributed by atoms with Crippen molar-refractivity contribution in [2.45, 2.75) is 12.3 Å². The standard InChI is InChI=1S/C11H9BrFNO/c1-7-2-8(4-9(13)3-7)11-5-10(6-12)15-14-11/h2-5H,6H2,1H3. The fourth-order valence-electron chi connectivity index (χ4n) is 1.40. The summed E-state index contributed by atoms with van der Waals surface area (Å²) >= 11 is 3.26. The molecule has 0 bridgehead atoms. The molecule has 4 heteroatoms. The molecule has 1 aromatic carbocycles. The summed E-state index contributed by atoms with van der Waals surface area (Å²) in [6.45, 7) is 1.85. The van der Waals surface area contributed by atoms with Gasteiger partial charge in [0.25, 0.3) is 0 Å². The Bertz CT molecular complexity index is 461. The molecule has 0 fully saturated rings. The molecular weight excluding hydrogens is 261 g/mol. The molecule has 0 N–H and O–H groups in total. The zero-order valence-electron chi connectivity index (χ0n) is 8.13. The van der Waals surface area contributed by atoms with E-state index >= 15 is 0 Å². The third-order valence-electron chi connectivity index (χ3n) is 2.03. The summed E-state index contributed by atoms with van der Waals surface area (Å²) < 4.78 is 18.2. The highest BCUT2D eigenvalue weighted by Crippen LogP contribution is 2.22. The summed E-state index contributed by atoms with van der Waals surface area (Å²) in [4.78, 5) is 0. The van der Waals surface area contributed by atoms with Gasteiger partial charge in [0, 0.05) is 11.6 Å². The van der Waals surface area contributed by atoms with Crippen LogP contribution in [0.25, 0.3) is 11.3 Å². The lowest BCUT2D eigenvalue weighted by atomic mass is 10.1. The summed E-state index contributed by atoms with van der Waals surface area (Å²) in [5.41, 5.74) is 2.27. The molecule has 2 rings (SSSR count). The Morgan fingerprint density at radius 3 is 2.73 bits per heavy atom. The maximum Gasteiger partial charge on any atom is 0.147 e. The van der Waals surface area contributed by atoms with Crippen molar-refractivity contribution in [2.24, 2.45) is 0 Å². The van der Waals surface area contributed by atoms with Crippen LogP contribution in [0.3, 0.4) is 0 Å². The minimum atomic E-state index is -0.256. The lowest BCUT2D eigenvalue weighted by Crippen LogP contribution is -1.82. The molecule has 1 heterocycles. The van der Waals surface area contributed by atoms with Crippen LogP contribution in [0.15, 0.2) is 28.8 Å². The van der Waals surface area contributed by atoms with Gasteiger partial charge in [-0.15, -0.1) is 0 Å². The minimum Gasteiger partial charge on any atom is -0.360 e. The highest BCUT2D eigenvalue weighted by atomic mass is 79.9. The third-order valence-corrected chi connectivity index (χ3v) is 2.58. The van der Waals surface area contributed by atoms with Crippen molar-refractivity contribution in [3.8, 4) is 11.3 Å². The molecule has 15 heavy (non-hydrogen) atoms. The zero-order valence-corrected chi connectivity index (χ0v) is 9.71. The van der Waals surface area contributed by atoms with Gasteiger partial charge in [-0.1, -0.05) is 21.1 Å². The molecule has 0 radical (unpaired) electrons. The molecule has 2 aromatic rings. The van der Waals surface area contributed by atoms with Crippen molar-refractivity contribution in [1.29, 1.82) is 0 Å². The molecule has 0 amide bonds. The van der Waals surface area contributed by atoms with Gasteiger partial charge < -0.3 is 4.52 Å². The van der Waals surface area contributed by atoms with Gasteiger partial charge in [-0.05, 0) is 30.7 Å². The highest BCUT2D eigenvalue weighted by Gasteiger charge is 2.07. The van der Waals surface area contributed by atoms with Gasteiger partial charge in [-0.2, -0.15) is 0 Å². The van der Waals surface area contributed by atoms with Gasteiger partial charge >= 0.3 is 0 Å². The van der Waals surface area contributed by atoms with E-state index < -0.39 is 0 Å². The van der Waals surface area contributed by atoms with Crippen molar-refractivity contribution in [3.05, 3.63) is 41.4 Å². The molecule has 0 aliphatic heterocycles. The second kappa shape index (κ2) is 4.14. The first-order valence-corrected chi connectivity index (χ1v) is 5.60. The number of hydrogen-bond donors (Lipinski definition) is 0. The molecule has 0 saturated heterocycles. The highest BCUT2D eigenvalue weighted by molar-refractivity contribution is 9.08. The van der Waals surface area contributed by atoms with E-state index in [4.69, 9.17) is 4.52 Å². The van der Waals surface area contributed by atoms with Crippen molar-refractivity contribution in [2.75, 3.05) is 0 Å². The van der Waals surface area contributed by atoms with E-state index in [0.717, 1.165) is 16.9 Å². The molecule has 2 nitrogen and oxygen atoms in total. The normalized spacial score (nSPS) is 10.6. The number of aromatic nitrogens is 1. The van der Waals surface area contributed by atoms with Gasteiger partial charge in [0.05, 0.1) is 5.33 Å². The SMILES string of the molecule is Cc1cc(F)cc(-c2cc(CBr)on2)c1. The second-order valence-corrected chi connectivity index (χ2v) is 3.89. The van der Waals surface area contributed by atoms with Crippen LogP contribution in [0.4, 0.5) is 4.39 Å². The Morgan fingerprint density at radius 2 is 2.13 bits per heavy atom. The van der Waals surface area contributed by atoms with E-state index in [1.54, 1.807) is 6.07 Å². The summed E-state index contributed by atoms with van der Waals surface area (Å²) in [5, 5.41) is 4.47. The van der Waals surface area contributed by atoms with E-state index in [0.29, 0.717) is 11.0 Å². The van der Waals surface area contributed by atoms with Gasteiger partial charge in [0.1, 0.15) is 17.3 Å². The molecule has 0 spiro atoms. The molecule has 0 unspecified atom stereocenters. The average Bonchev–Trinajstić information content (AvgIpc) is 2.64. The van der Waals surface area contributed by atoms with Crippen LogP contribution in [0.1, 0.15) is 11.3 Å². The van der Waals surface area contributed by atoms with Gasteiger partial charge in [-0.3, -0.25) is 0 Å². The average molecular weight is 270 g/mol. The summed E-state index contributed by atoms with van der Waals surface area (Å²) in [6.07, 6.45) is 0. The lowest BCUT2D eigenvalue weighted by molar-refractivity contribution is 0.398. The predicted octanol–water partition coefficient (Wildman–Crippen LogP) is 3.68. The molecular formula is C11H9BrFNO. The van der Waals surface area contributed by atoms with E-state index in [2.05, 4.69) is 21.1 Å². The predicted molar refractivity (Wildman–Crippen MR) is 59.3 cm³/mol. The second-order valence-electron chi connectivity index (χ2n) is 3.33. The first kappa shape index (κ1) is 10.4. The number of alkyl halides is 1. The van der Waals surface area contributed by atoms with Crippen LogP contribution < -0.4 is 0 Å². The summed E-state index contributed by atoms with van der Waals surface area (Å²) in [7, 11) is 0. The van der Waals surface area contributed by atoms with Crippen LogP contribution in [0.5, 0.6) is 0 Å². The fraction of sp³-hybridized carbons (Fsp3) is 0.182. The molecule has 0 saturated carbocycles. The number of nitrogens with zero attached hydrogens (tertiary/aromatic N) is 1. The largest absolute Gasteiger partial charge is 0.360 e. The van der Waals surface area contributed by atoms with Gasteiger partial charge in [0.2, 0.25) is 0 Å². The smallest absolute Gasteiger partial charge is 0.147 e. The summed E-state index contributed by atoms with van der Waals surface area (Å²) in [5.74, 6) is 0.473. The minimum absolute atomic E-state index is 0.256. The monoisotopic (exact) mass is 269 g/mol. The fourth-order valence-corrected chi connectivity index (χ4v) is 1.66. The first-order chi connectivity index (χ1) is 7.19. The molecule has 0 aliphatic rings. The Kier molecular flexibility index (Phi) is 2.86. The van der Waals surface area contributed by atoms with Gasteiger partial charge in [0.15, 0.2) is 0 Å².